The standard InChI is InChI=1S/C10H8ClN3O2/c11-6-1-4-9(13-5-6)14-10(15)7-2-3-8(12)16-7/h1-5H,12H2,(H,13,14,15). The van der Waals surface area contributed by atoms with Crippen molar-refractivity contribution in [1.82, 2.24) is 4.98 Å². The first-order chi connectivity index (χ1) is 7.65. The molecule has 2 rings (SSSR count). The number of carbonyl (C=O) groups excluding carboxylic acids is 1. The van der Waals surface area contributed by atoms with Crippen LogP contribution < -0.4 is 11.1 Å². The van der Waals surface area contributed by atoms with Crippen LogP contribution >= 0.6 is 11.6 Å². The van der Waals surface area contributed by atoms with E-state index in [-0.39, 0.29) is 11.6 Å². The summed E-state index contributed by atoms with van der Waals surface area (Å²) < 4.78 is 4.95. The molecular formula is C10H8ClN3O2. The Morgan fingerprint density at radius 2 is 2.19 bits per heavy atom. The summed E-state index contributed by atoms with van der Waals surface area (Å²) in [5.41, 5.74) is 5.35. The third-order valence-corrected chi connectivity index (χ3v) is 2.04. The van der Waals surface area contributed by atoms with Crippen LogP contribution in [-0.4, -0.2) is 10.9 Å². The van der Waals surface area contributed by atoms with E-state index in [1.54, 1.807) is 12.1 Å². The van der Waals surface area contributed by atoms with E-state index in [9.17, 15) is 4.79 Å². The fraction of sp³-hybridized carbons (Fsp3) is 0. The molecule has 0 bridgehead atoms. The number of anilines is 2. The van der Waals surface area contributed by atoms with E-state index in [2.05, 4.69) is 10.3 Å². The molecule has 0 aliphatic carbocycles. The summed E-state index contributed by atoms with van der Waals surface area (Å²) in [4.78, 5) is 15.5. The van der Waals surface area contributed by atoms with Crippen molar-refractivity contribution in [1.29, 1.82) is 0 Å². The first-order valence-corrected chi connectivity index (χ1v) is 4.81. The second-order valence-corrected chi connectivity index (χ2v) is 3.45. The first-order valence-electron chi connectivity index (χ1n) is 4.43. The Labute approximate surface area is 96.2 Å². The number of hydrogen-bond donors (Lipinski definition) is 2. The van der Waals surface area contributed by atoms with Crippen LogP contribution in [0.1, 0.15) is 10.6 Å². The Balaban J connectivity index is 2.10. The highest BCUT2D eigenvalue weighted by molar-refractivity contribution is 6.30. The van der Waals surface area contributed by atoms with Crippen LogP contribution in [0.15, 0.2) is 34.9 Å². The van der Waals surface area contributed by atoms with Crippen LogP contribution in [0.25, 0.3) is 0 Å². The van der Waals surface area contributed by atoms with Crippen LogP contribution in [0.4, 0.5) is 11.7 Å². The quantitative estimate of drug-likeness (QED) is 0.839. The molecule has 0 unspecified atom stereocenters. The zero-order valence-corrected chi connectivity index (χ0v) is 8.86. The van der Waals surface area contributed by atoms with Gasteiger partial charge < -0.3 is 15.5 Å². The number of halogens is 1. The molecule has 5 nitrogen and oxygen atoms in total. The Bertz CT molecular complexity index is 507. The van der Waals surface area contributed by atoms with Gasteiger partial charge in [-0.3, -0.25) is 4.79 Å². The lowest BCUT2D eigenvalue weighted by Crippen LogP contribution is -2.11. The highest BCUT2D eigenvalue weighted by Gasteiger charge is 2.10. The fourth-order valence-corrected chi connectivity index (χ4v) is 1.21. The lowest BCUT2D eigenvalue weighted by molar-refractivity contribution is 0.0997. The van der Waals surface area contributed by atoms with Crippen molar-refractivity contribution in [2.45, 2.75) is 0 Å². The van der Waals surface area contributed by atoms with Crippen molar-refractivity contribution in [3.05, 3.63) is 41.2 Å². The first kappa shape index (κ1) is 10.5. The van der Waals surface area contributed by atoms with Crippen molar-refractivity contribution < 1.29 is 9.21 Å². The van der Waals surface area contributed by atoms with Crippen molar-refractivity contribution in [3.8, 4) is 0 Å². The minimum Gasteiger partial charge on any atom is -0.436 e. The molecule has 0 fully saturated rings. The van der Waals surface area contributed by atoms with Gasteiger partial charge in [-0.05, 0) is 18.2 Å². The van der Waals surface area contributed by atoms with Gasteiger partial charge in [0.2, 0.25) is 0 Å². The topological polar surface area (TPSA) is 81.2 Å². The van der Waals surface area contributed by atoms with E-state index in [4.69, 9.17) is 21.8 Å². The van der Waals surface area contributed by atoms with Crippen molar-refractivity contribution in [2.24, 2.45) is 0 Å². The smallest absolute Gasteiger partial charge is 0.292 e. The van der Waals surface area contributed by atoms with E-state index in [0.717, 1.165) is 0 Å². The molecule has 82 valence electrons. The second kappa shape index (κ2) is 4.24. The lowest BCUT2D eigenvalue weighted by atomic mass is 10.4. The van der Waals surface area contributed by atoms with Gasteiger partial charge in [0.25, 0.3) is 5.91 Å². The lowest BCUT2D eigenvalue weighted by Gasteiger charge is -2.01. The molecule has 2 aromatic heterocycles. The van der Waals surface area contributed by atoms with E-state index < -0.39 is 5.91 Å². The number of amides is 1. The number of nitrogens with two attached hydrogens (primary N) is 1. The molecule has 0 aromatic carbocycles. The van der Waals surface area contributed by atoms with Crippen LogP contribution in [0, 0.1) is 0 Å². The van der Waals surface area contributed by atoms with Crippen LogP contribution in [0.5, 0.6) is 0 Å². The predicted molar refractivity (Wildman–Crippen MR) is 60.3 cm³/mol. The summed E-state index contributed by atoms with van der Waals surface area (Å²) in [5, 5.41) is 3.04. The molecule has 0 spiro atoms. The van der Waals surface area contributed by atoms with Gasteiger partial charge in [-0.15, -0.1) is 0 Å². The van der Waals surface area contributed by atoms with Crippen molar-refractivity contribution >= 4 is 29.2 Å². The summed E-state index contributed by atoms with van der Waals surface area (Å²) in [6.07, 6.45) is 1.44. The maximum absolute atomic E-state index is 11.6. The normalized spacial score (nSPS) is 10.1. The highest BCUT2D eigenvalue weighted by Crippen LogP contribution is 2.13. The Hall–Kier alpha value is -2.01. The molecule has 0 saturated carbocycles. The summed E-state index contributed by atoms with van der Waals surface area (Å²) >= 11 is 5.66. The molecule has 1 amide bonds. The maximum Gasteiger partial charge on any atom is 0.292 e. The van der Waals surface area contributed by atoms with Gasteiger partial charge in [-0.1, -0.05) is 11.6 Å². The Kier molecular flexibility index (Phi) is 2.78. The summed E-state index contributed by atoms with van der Waals surface area (Å²) in [6, 6.07) is 6.21. The fourth-order valence-electron chi connectivity index (χ4n) is 1.10. The number of nitrogen functional groups attached to an aromatic ring is 1. The number of nitrogens with zero attached hydrogens (tertiary/aromatic N) is 1. The number of nitrogens with one attached hydrogen (secondary N) is 1. The van der Waals surface area contributed by atoms with Crippen molar-refractivity contribution in [3.63, 3.8) is 0 Å². The number of hydrogen-bond acceptors (Lipinski definition) is 4. The molecule has 6 heteroatoms. The molecule has 0 aliphatic heterocycles. The number of carbonyl (C=O) groups is 1. The van der Waals surface area contributed by atoms with Crippen LogP contribution in [0.3, 0.4) is 0 Å². The monoisotopic (exact) mass is 237 g/mol. The van der Waals surface area contributed by atoms with Gasteiger partial charge in [-0.2, -0.15) is 0 Å². The van der Waals surface area contributed by atoms with Crippen LogP contribution in [0.2, 0.25) is 5.02 Å². The minimum atomic E-state index is -0.411. The molecule has 3 N–H and O–H groups in total. The van der Waals surface area contributed by atoms with Gasteiger partial charge in [0, 0.05) is 12.3 Å². The van der Waals surface area contributed by atoms with E-state index in [1.165, 1.54) is 18.3 Å². The van der Waals surface area contributed by atoms with Crippen LogP contribution in [-0.2, 0) is 0 Å². The number of pyridine rings is 1. The van der Waals surface area contributed by atoms with E-state index >= 15 is 0 Å². The number of rotatable bonds is 2. The predicted octanol–water partition coefficient (Wildman–Crippen LogP) is 2.16. The Morgan fingerprint density at radius 3 is 2.75 bits per heavy atom. The molecule has 0 atom stereocenters. The molecule has 0 saturated heterocycles. The summed E-state index contributed by atoms with van der Waals surface area (Å²) in [6.45, 7) is 0. The summed E-state index contributed by atoms with van der Waals surface area (Å²) in [7, 11) is 0. The molecule has 2 heterocycles. The largest absolute Gasteiger partial charge is 0.436 e. The van der Waals surface area contributed by atoms with Gasteiger partial charge in [0.15, 0.2) is 11.6 Å². The zero-order chi connectivity index (χ0) is 11.5. The Morgan fingerprint density at radius 1 is 1.38 bits per heavy atom. The molecule has 0 radical (unpaired) electrons. The average Bonchev–Trinajstić information content (AvgIpc) is 2.68. The second-order valence-electron chi connectivity index (χ2n) is 3.02. The average molecular weight is 238 g/mol. The highest BCUT2D eigenvalue weighted by atomic mass is 35.5. The third-order valence-electron chi connectivity index (χ3n) is 1.82. The van der Waals surface area contributed by atoms with E-state index in [1.807, 2.05) is 0 Å². The molecular weight excluding hydrogens is 230 g/mol. The number of furan rings is 1. The minimum absolute atomic E-state index is 0.134. The maximum atomic E-state index is 11.6. The van der Waals surface area contributed by atoms with E-state index in [0.29, 0.717) is 10.8 Å². The van der Waals surface area contributed by atoms with Gasteiger partial charge in [0.1, 0.15) is 5.82 Å². The van der Waals surface area contributed by atoms with Gasteiger partial charge in [0.05, 0.1) is 5.02 Å². The summed E-state index contributed by atoms with van der Waals surface area (Å²) in [5.74, 6) is 0.305. The molecule has 16 heavy (non-hydrogen) atoms. The third kappa shape index (κ3) is 2.32. The molecule has 0 aliphatic rings. The van der Waals surface area contributed by atoms with Crippen molar-refractivity contribution in [2.75, 3.05) is 11.1 Å². The van der Waals surface area contributed by atoms with Gasteiger partial charge >= 0.3 is 0 Å². The SMILES string of the molecule is Nc1ccc(C(=O)Nc2ccc(Cl)cn2)o1. The molecule has 2 aromatic rings. The zero-order valence-electron chi connectivity index (χ0n) is 8.11. The number of aromatic nitrogens is 1. The van der Waals surface area contributed by atoms with Gasteiger partial charge in [-0.25, -0.2) is 4.98 Å².